The van der Waals surface area contributed by atoms with E-state index in [-0.39, 0.29) is 27.5 Å². The van der Waals surface area contributed by atoms with Crippen molar-refractivity contribution in [3.05, 3.63) is 103 Å². The highest BCUT2D eigenvalue weighted by Gasteiger charge is 2.24. The van der Waals surface area contributed by atoms with Gasteiger partial charge in [-0.2, -0.15) is 0 Å². The van der Waals surface area contributed by atoms with Gasteiger partial charge in [-0.1, -0.05) is 41.4 Å². The Morgan fingerprint density at radius 2 is 1.69 bits per heavy atom. The molecular formula is C24H18Cl2N4O5. The van der Waals surface area contributed by atoms with Gasteiger partial charge in [0.25, 0.3) is 11.5 Å². The molecule has 0 radical (unpaired) electrons. The van der Waals surface area contributed by atoms with Crippen molar-refractivity contribution in [2.45, 2.75) is 12.5 Å². The number of carboxylic acid groups (broad SMARTS) is 1. The van der Waals surface area contributed by atoms with Gasteiger partial charge in [0.2, 0.25) is 0 Å². The Labute approximate surface area is 208 Å². The number of rotatable bonds is 6. The van der Waals surface area contributed by atoms with E-state index in [1.807, 2.05) is 0 Å². The summed E-state index contributed by atoms with van der Waals surface area (Å²) in [5.41, 5.74) is 0.276. The van der Waals surface area contributed by atoms with Crippen LogP contribution in [0.15, 0.2) is 70.4 Å². The largest absolute Gasteiger partial charge is 0.480 e. The van der Waals surface area contributed by atoms with Crippen molar-refractivity contribution in [1.82, 2.24) is 19.4 Å². The zero-order valence-electron chi connectivity index (χ0n) is 18.2. The van der Waals surface area contributed by atoms with Crippen LogP contribution >= 0.6 is 23.2 Å². The summed E-state index contributed by atoms with van der Waals surface area (Å²) in [7, 11) is 1.54. The molecule has 2 heterocycles. The van der Waals surface area contributed by atoms with Gasteiger partial charge < -0.3 is 10.4 Å². The van der Waals surface area contributed by atoms with Gasteiger partial charge in [-0.3, -0.25) is 14.2 Å². The number of aromatic nitrogens is 3. The fourth-order valence-electron chi connectivity index (χ4n) is 3.67. The number of benzene rings is 2. The summed E-state index contributed by atoms with van der Waals surface area (Å²) in [6.45, 7) is 0. The molecule has 11 heteroatoms. The maximum atomic E-state index is 12.9. The predicted molar refractivity (Wildman–Crippen MR) is 132 cm³/mol. The average Bonchev–Trinajstić information content (AvgIpc) is 2.83. The molecule has 0 bridgehead atoms. The SMILES string of the molecule is Cn1c(=O)n(-c2ccc(C[C@H](NC(=O)c3c(Cl)cccc3Cl)C(=O)O)cc2)c(=O)c2ncccc21. The molecule has 1 amide bonds. The van der Waals surface area contributed by atoms with Gasteiger partial charge >= 0.3 is 11.7 Å². The zero-order chi connectivity index (χ0) is 25.3. The van der Waals surface area contributed by atoms with E-state index in [0.717, 1.165) is 4.57 Å². The summed E-state index contributed by atoms with van der Waals surface area (Å²) >= 11 is 12.1. The number of fused-ring (bicyclic) bond motifs is 1. The lowest BCUT2D eigenvalue weighted by atomic mass is 10.0. The highest BCUT2D eigenvalue weighted by atomic mass is 35.5. The number of hydrogen-bond acceptors (Lipinski definition) is 5. The lowest BCUT2D eigenvalue weighted by Crippen LogP contribution is -2.42. The molecule has 0 fully saturated rings. The van der Waals surface area contributed by atoms with Crippen LogP contribution in [0.5, 0.6) is 0 Å². The van der Waals surface area contributed by atoms with Gasteiger partial charge in [0.15, 0.2) is 5.52 Å². The number of carbonyl (C=O) groups excluding carboxylic acids is 1. The van der Waals surface area contributed by atoms with E-state index in [0.29, 0.717) is 16.8 Å². The summed E-state index contributed by atoms with van der Waals surface area (Å²) < 4.78 is 2.32. The van der Waals surface area contributed by atoms with E-state index >= 15 is 0 Å². The third kappa shape index (κ3) is 4.68. The van der Waals surface area contributed by atoms with Gasteiger partial charge in [-0.05, 0) is 42.0 Å². The number of nitrogens with zero attached hydrogens (tertiary/aromatic N) is 3. The topological polar surface area (TPSA) is 123 Å². The highest BCUT2D eigenvalue weighted by Crippen LogP contribution is 2.24. The summed E-state index contributed by atoms with van der Waals surface area (Å²) in [6.07, 6.45) is 1.41. The number of carbonyl (C=O) groups is 2. The maximum Gasteiger partial charge on any atom is 0.335 e. The molecule has 4 rings (SSSR count). The molecule has 0 aliphatic carbocycles. The molecule has 9 nitrogen and oxygen atoms in total. The third-order valence-electron chi connectivity index (χ3n) is 5.46. The van der Waals surface area contributed by atoms with Crippen molar-refractivity contribution in [3.63, 3.8) is 0 Å². The number of aliphatic carboxylic acids is 1. The second-order valence-electron chi connectivity index (χ2n) is 7.68. The fraction of sp³-hybridized carbons (Fsp3) is 0.125. The van der Waals surface area contributed by atoms with Crippen LogP contribution in [0.3, 0.4) is 0 Å². The third-order valence-corrected chi connectivity index (χ3v) is 6.09. The molecule has 0 aliphatic heterocycles. The first-order valence-corrected chi connectivity index (χ1v) is 11.1. The monoisotopic (exact) mass is 512 g/mol. The standard InChI is InChI=1S/C24H18Cl2N4O5/c1-29-18-6-3-11-27-20(18)22(32)30(24(29)35)14-9-7-13(8-10-14)12-17(23(33)34)28-21(31)19-15(25)4-2-5-16(19)26/h2-11,17H,12H2,1H3,(H,28,31)(H,33,34)/t17-/m0/s1. The van der Waals surface area contributed by atoms with Gasteiger partial charge in [0.1, 0.15) is 6.04 Å². The molecule has 2 aromatic carbocycles. The van der Waals surface area contributed by atoms with E-state index in [4.69, 9.17) is 23.2 Å². The van der Waals surface area contributed by atoms with Crippen LogP contribution in [0.4, 0.5) is 0 Å². The first-order valence-electron chi connectivity index (χ1n) is 10.3. The van der Waals surface area contributed by atoms with Crippen molar-refractivity contribution in [2.24, 2.45) is 7.05 Å². The smallest absolute Gasteiger partial charge is 0.335 e. The average molecular weight is 513 g/mol. The lowest BCUT2D eigenvalue weighted by Gasteiger charge is -2.16. The molecule has 4 aromatic rings. The lowest BCUT2D eigenvalue weighted by molar-refractivity contribution is -0.139. The second kappa shape index (κ2) is 9.73. The van der Waals surface area contributed by atoms with Crippen molar-refractivity contribution in [1.29, 1.82) is 0 Å². The Balaban J connectivity index is 1.61. The van der Waals surface area contributed by atoms with E-state index < -0.39 is 29.2 Å². The molecule has 2 aromatic heterocycles. The number of hydrogen-bond donors (Lipinski definition) is 2. The van der Waals surface area contributed by atoms with E-state index in [1.54, 1.807) is 37.4 Å². The van der Waals surface area contributed by atoms with Crippen molar-refractivity contribution in [3.8, 4) is 5.69 Å². The molecule has 2 N–H and O–H groups in total. The maximum absolute atomic E-state index is 12.9. The Morgan fingerprint density at radius 1 is 1.03 bits per heavy atom. The molecule has 178 valence electrons. The number of amides is 1. The Hall–Kier alpha value is -3.95. The van der Waals surface area contributed by atoms with Crippen LogP contribution < -0.4 is 16.6 Å². The quantitative estimate of drug-likeness (QED) is 0.409. The van der Waals surface area contributed by atoms with Crippen LogP contribution in [0, 0.1) is 0 Å². The molecule has 0 saturated carbocycles. The van der Waals surface area contributed by atoms with E-state index in [2.05, 4.69) is 10.3 Å². The number of carboxylic acids is 1. The van der Waals surface area contributed by atoms with Gasteiger partial charge in [-0.15, -0.1) is 0 Å². The molecule has 35 heavy (non-hydrogen) atoms. The molecule has 0 saturated heterocycles. The highest BCUT2D eigenvalue weighted by molar-refractivity contribution is 6.39. The van der Waals surface area contributed by atoms with E-state index in [9.17, 15) is 24.3 Å². The number of nitrogens with one attached hydrogen (secondary N) is 1. The predicted octanol–water partition coefficient (Wildman–Crippen LogP) is 2.82. The normalized spacial score (nSPS) is 11.9. The van der Waals surface area contributed by atoms with Crippen LogP contribution in [0.1, 0.15) is 15.9 Å². The van der Waals surface area contributed by atoms with Crippen molar-refractivity contribution < 1.29 is 14.7 Å². The van der Waals surface area contributed by atoms with Crippen LogP contribution in [-0.4, -0.2) is 37.1 Å². The van der Waals surface area contributed by atoms with Gasteiger partial charge in [0.05, 0.1) is 26.8 Å². The van der Waals surface area contributed by atoms with Crippen molar-refractivity contribution >= 4 is 46.1 Å². The minimum atomic E-state index is -1.28. The summed E-state index contributed by atoms with van der Waals surface area (Å²) in [4.78, 5) is 54.2. The van der Waals surface area contributed by atoms with Crippen molar-refractivity contribution in [2.75, 3.05) is 0 Å². The van der Waals surface area contributed by atoms with Crippen LogP contribution in [0.25, 0.3) is 16.7 Å². The summed E-state index contributed by atoms with van der Waals surface area (Å²) in [5, 5.41) is 12.3. The number of aryl methyl sites for hydroxylation is 1. The summed E-state index contributed by atoms with van der Waals surface area (Å²) in [5.74, 6) is -1.97. The molecule has 1 atom stereocenters. The zero-order valence-corrected chi connectivity index (χ0v) is 19.7. The summed E-state index contributed by atoms with van der Waals surface area (Å²) in [6, 6.07) is 12.7. The minimum Gasteiger partial charge on any atom is -0.480 e. The number of pyridine rings is 1. The van der Waals surface area contributed by atoms with Gasteiger partial charge in [-0.25, -0.2) is 19.1 Å². The Morgan fingerprint density at radius 3 is 2.31 bits per heavy atom. The Kier molecular flexibility index (Phi) is 6.72. The Bertz CT molecular complexity index is 1560. The van der Waals surface area contributed by atoms with Crippen LogP contribution in [-0.2, 0) is 18.3 Å². The minimum absolute atomic E-state index is 0.0161. The molecule has 0 aliphatic rings. The first kappa shape index (κ1) is 24.2. The molecule has 0 unspecified atom stereocenters. The second-order valence-corrected chi connectivity index (χ2v) is 8.50. The fourth-order valence-corrected chi connectivity index (χ4v) is 4.24. The van der Waals surface area contributed by atoms with E-state index in [1.165, 1.54) is 35.0 Å². The number of halogens is 2. The molecule has 0 spiro atoms. The first-order chi connectivity index (χ1) is 16.7. The van der Waals surface area contributed by atoms with Crippen LogP contribution in [0.2, 0.25) is 10.0 Å². The van der Waals surface area contributed by atoms with Gasteiger partial charge in [0, 0.05) is 19.7 Å². The molecular weight excluding hydrogens is 495 g/mol.